The van der Waals surface area contributed by atoms with Crippen molar-refractivity contribution in [3.8, 4) is 0 Å². The van der Waals surface area contributed by atoms with E-state index in [9.17, 15) is 18.0 Å². The summed E-state index contributed by atoms with van der Waals surface area (Å²) in [5.74, 6) is -0.544. The summed E-state index contributed by atoms with van der Waals surface area (Å²) in [6.45, 7) is 0.353. The van der Waals surface area contributed by atoms with Gasteiger partial charge in [-0.25, -0.2) is 13.1 Å². The molecule has 0 aliphatic heterocycles. The molecular weight excluding hydrogens is 294 g/mol. The van der Waals surface area contributed by atoms with Gasteiger partial charge in [0.15, 0.2) is 0 Å². The fourth-order valence-corrected chi connectivity index (χ4v) is 2.77. The van der Waals surface area contributed by atoms with E-state index in [-0.39, 0.29) is 35.4 Å². The Morgan fingerprint density at radius 3 is 2.29 bits per heavy atom. The Hall–Kier alpha value is -1.93. The molecule has 2 rings (SSSR count). The second-order valence-electron chi connectivity index (χ2n) is 4.85. The molecule has 0 radical (unpaired) electrons. The molecule has 1 aromatic rings. The zero-order valence-electron chi connectivity index (χ0n) is 11.3. The Balaban J connectivity index is 1.85. The maximum absolute atomic E-state index is 12.0. The molecule has 0 heterocycles. The van der Waals surface area contributed by atoms with Crippen LogP contribution in [0.3, 0.4) is 0 Å². The SMILES string of the molecule is NC(=O)c1ccc(S(=O)(=O)NCCNC(=O)C2CC2)cc1. The molecule has 1 aromatic carbocycles. The first-order chi connectivity index (χ1) is 9.90. The van der Waals surface area contributed by atoms with E-state index < -0.39 is 15.9 Å². The van der Waals surface area contributed by atoms with Crippen molar-refractivity contribution in [3.63, 3.8) is 0 Å². The smallest absolute Gasteiger partial charge is 0.248 e. The third kappa shape index (κ3) is 4.27. The highest BCUT2D eigenvalue weighted by atomic mass is 32.2. The van der Waals surface area contributed by atoms with Crippen LogP contribution in [0, 0.1) is 5.92 Å². The number of carbonyl (C=O) groups excluding carboxylic acids is 2. The molecule has 0 spiro atoms. The van der Waals surface area contributed by atoms with Gasteiger partial charge in [0.2, 0.25) is 21.8 Å². The standard InChI is InChI=1S/C13H17N3O4S/c14-12(17)9-3-5-11(6-4-9)21(19,20)16-8-7-15-13(18)10-1-2-10/h3-6,10,16H,1-2,7-8H2,(H2,14,17)(H,15,18). The molecule has 0 saturated heterocycles. The number of rotatable bonds is 7. The van der Waals surface area contributed by atoms with Crippen molar-refractivity contribution in [3.05, 3.63) is 29.8 Å². The molecule has 1 aliphatic carbocycles. The first-order valence-electron chi connectivity index (χ1n) is 6.57. The lowest BCUT2D eigenvalue weighted by Crippen LogP contribution is -2.35. The number of hydrogen-bond donors (Lipinski definition) is 3. The van der Waals surface area contributed by atoms with Crippen LogP contribution in [0.4, 0.5) is 0 Å². The van der Waals surface area contributed by atoms with Crippen LogP contribution in [0.2, 0.25) is 0 Å². The van der Waals surface area contributed by atoms with E-state index >= 15 is 0 Å². The van der Waals surface area contributed by atoms with E-state index in [4.69, 9.17) is 5.73 Å². The first-order valence-corrected chi connectivity index (χ1v) is 8.06. The second kappa shape index (κ2) is 6.23. The maximum Gasteiger partial charge on any atom is 0.248 e. The number of nitrogens with two attached hydrogens (primary N) is 1. The summed E-state index contributed by atoms with van der Waals surface area (Å²) < 4.78 is 26.3. The fourth-order valence-electron chi connectivity index (χ4n) is 1.74. The summed E-state index contributed by atoms with van der Waals surface area (Å²) in [6, 6.07) is 5.33. The molecule has 0 aromatic heterocycles. The monoisotopic (exact) mass is 311 g/mol. The summed E-state index contributed by atoms with van der Waals surface area (Å²) in [7, 11) is -3.66. The van der Waals surface area contributed by atoms with Gasteiger partial charge in [0.25, 0.3) is 0 Å². The molecule has 4 N–H and O–H groups in total. The molecule has 1 fully saturated rings. The van der Waals surface area contributed by atoms with Crippen LogP contribution < -0.4 is 15.8 Å². The van der Waals surface area contributed by atoms with Crippen molar-refractivity contribution in [1.29, 1.82) is 0 Å². The molecule has 8 heteroatoms. The lowest BCUT2D eigenvalue weighted by atomic mass is 10.2. The highest BCUT2D eigenvalue weighted by molar-refractivity contribution is 7.89. The average Bonchev–Trinajstić information content (AvgIpc) is 3.28. The summed E-state index contributed by atoms with van der Waals surface area (Å²) in [5, 5.41) is 2.67. The van der Waals surface area contributed by atoms with Gasteiger partial charge in [0.1, 0.15) is 0 Å². The van der Waals surface area contributed by atoms with Crippen molar-refractivity contribution in [2.45, 2.75) is 17.7 Å². The zero-order chi connectivity index (χ0) is 15.5. The molecule has 114 valence electrons. The van der Waals surface area contributed by atoms with Crippen LogP contribution in [0.25, 0.3) is 0 Å². The lowest BCUT2D eigenvalue weighted by molar-refractivity contribution is -0.122. The molecular formula is C13H17N3O4S. The van der Waals surface area contributed by atoms with Crippen LogP contribution >= 0.6 is 0 Å². The van der Waals surface area contributed by atoms with Gasteiger partial charge in [-0.1, -0.05) is 0 Å². The molecule has 7 nitrogen and oxygen atoms in total. The summed E-state index contributed by atoms with van der Waals surface area (Å²) in [4.78, 5) is 22.3. The van der Waals surface area contributed by atoms with Crippen molar-refractivity contribution in [1.82, 2.24) is 10.0 Å². The number of benzene rings is 1. The molecule has 2 amide bonds. The van der Waals surface area contributed by atoms with Crippen molar-refractivity contribution < 1.29 is 18.0 Å². The van der Waals surface area contributed by atoms with E-state index in [0.717, 1.165) is 12.8 Å². The molecule has 21 heavy (non-hydrogen) atoms. The normalized spacial score (nSPS) is 14.7. The van der Waals surface area contributed by atoms with Crippen molar-refractivity contribution in [2.75, 3.05) is 13.1 Å². The third-order valence-electron chi connectivity index (χ3n) is 3.11. The number of amides is 2. The average molecular weight is 311 g/mol. The third-order valence-corrected chi connectivity index (χ3v) is 4.59. The van der Waals surface area contributed by atoms with Crippen LogP contribution in [-0.2, 0) is 14.8 Å². The first kappa shape index (κ1) is 15.5. The second-order valence-corrected chi connectivity index (χ2v) is 6.62. The van der Waals surface area contributed by atoms with Gasteiger partial charge in [-0.05, 0) is 37.1 Å². The van der Waals surface area contributed by atoms with Gasteiger partial charge in [-0.2, -0.15) is 0 Å². The van der Waals surface area contributed by atoms with Crippen LogP contribution in [0.1, 0.15) is 23.2 Å². The molecule has 0 bridgehead atoms. The summed E-state index contributed by atoms with van der Waals surface area (Å²) in [6.07, 6.45) is 1.81. The summed E-state index contributed by atoms with van der Waals surface area (Å²) >= 11 is 0. The van der Waals surface area contributed by atoms with E-state index in [1.807, 2.05) is 0 Å². The number of sulfonamides is 1. The topological polar surface area (TPSA) is 118 Å². The predicted octanol–water partition coefficient (Wildman–Crippen LogP) is -0.410. The Bertz CT molecular complexity index is 636. The minimum absolute atomic E-state index is 0.0278. The predicted molar refractivity (Wildman–Crippen MR) is 75.9 cm³/mol. The van der Waals surface area contributed by atoms with Crippen LogP contribution in [0.15, 0.2) is 29.2 Å². The fraction of sp³-hybridized carbons (Fsp3) is 0.385. The van der Waals surface area contributed by atoms with Gasteiger partial charge >= 0.3 is 0 Å². The molecule has 0 unspecified atom stereocenters. The van der Waals surface area contributed by atoms with Crippen molar-refractivity contribution in [2.24, 2.45) is 11.7 Å². The van der Waals surface area contributed by atoms with E-state index in [1.165, 1.54) is 24.3 Å². The zero-order valence-corrected chi connectivity index (χ0v) is 12.2. The number of primary amides is 1. The largest absolute Gasteiger partial charge is 0.366 e. The molecule has 1 aliphatic rings. The van der Waals surface area contributed by atoms with Crippen LogP contribution in [-0.4, -0.2) is 33.3 Å². The highest BCUT2D eigenvalue weighted by Gasteiger charge is 2.29. The quantitative estimate of drug-likeness (QED) is 0.593. The van der Waals surface area contributed by atoms with Gasteiger partial charge in [-0.3, -0.25) is 9.59 Å². The van der Waals surface area contributed by atoms with Gasteiger partial charge in [-0.15, -0.1) is 0 Å². The highest BCUT2D eigenvalue weighted by Crippen LogP contribution is 2.28. The molecule has 0 atom stereocenters. The van der Waals surface area contributed by atoms with Gasteiger partial charge in [0, 0.05) is 24.6 Å². The van der Waals surface area contributed by atoms with Gasteiger partial charge < -0.3 is 11.1 Å². The molecule has 1 saturated carbocycles. The minimum Gasteiger partial charge on any atom is -0.366 e. The van der Waals surface area contributed by atoms with E-state index in [0.29, 0.717) is 0 Å². The Morgan fingerprint density at radius 1 is 1.14 bits per heavy atom. The lowest BCUT2D eigenvalue weighted by Gasteiger charge is -2.08. The van der Waals surface area contributed by atoms with E-state index in [2.05, 4.69) is 10.0 Å². The van der Waals surface area contributed by atoms with Crippen LogP contribution in [0.5, 0.6) is 0 Å². The minimum atomic E-state index is -3.66. The number of carbonyl (C=O) groups is 2. The van der Waals surface area contributed by atoms with Crippen molar-refractivity contribution >= 4 is 21.8 Å². The number of nitrogens with one attached hydrogen (secondary N) is 2. The van der Waals surface area contributed by atoms with Gasteiger partial charge in [0.05, 0.1) is 4.90 Å². The Kier molecular flexibility index (Phi) is 4.59. The summed E-state index contributed by atoms with van der Waals surface area (Å²) in [5.41, 5.74) is 5.33. The number of hydrogen-bond acceptors (Lipinski definition) is 4. The van der Waals surface area contributed by atoms with E-state index in [1.54, 1.807) is 0 Å². The Morgan fingerprint density at radius 2 is 1.76 bits per heavy atom. The maximum atomic E-state index is 12.0. The Labute approximate surface area is 123 Å².